The number of nitriles is 1. The molecule has 0 atom stereocenters. The second kappa shape index (κ2) is 12.5. The highest BCUT2D eigenvalue weighted by molar-refractivity contribution is 7.98. The molecule has 0 aliphatic carbocycles. The van der Waals surface area contributed by atoms with Gasteiger partial charge in [0.1, 0.15) is 5.82 Å². The molecule has 2 aromatic carbocycles. The van der Waals surface area contributed by atoms with Gasteiger partial charge in [-0.25, -0.2) is 22.9 Å². The van der Waals surface area contributed by atoms with E-state index in [1.165, 1.54) is 30.1 Å². The van der Waals surface area contributed by atoms with Crippen LogP contribution in [0.5, 0.6) is 5.88 Å². The topological polar surface area (TPSA) is 123 Å². The number of nitrogens with zero attached hydrogens (tertiary/aromatic N) is 3. The molecule has 11 heteroatoms. The van der Waals surface area contributed by atoms with Crippen LogP contribution in [0.2, 0.25) is 0 Å². The summed E-state index contributed by atoms with van der Waals surface area (Å²) in [6.07, 6.45) is 5.26. The molecule has 0 amide bonds. The van der Waals surface area contributed by atoms with Gasteiger partial charge in [-0.3, -0.25) is 4.57 Å². The van der Waals surface area contributed by atoms with Crippen molar-refractivity contribution < 1.29 is 22.7 Å². The first kappa shape index (κ1) is 27.1. The van der Waals surface area contributed by atoms with Gasteiger partial charge in [-0.1, -0.05) is 49.7 Å². The summed E-state index contributed by atoms with van der Waals surface area (Å²) < 4.78 is 38.6. The van der Waals surface area contributed by atoms with Crippen LogP contribution in [-0.2, 0) is 27.7 Å². The Labute approximate surface area is 215 Å². The van der Waals surface area contributed by atoms with Crippen LogP contribution in [0.15, 0.2) is 58.5 Å². The SMILES string of the molecule is CCCCc1nc(SC)c(OC(=O)OCC)n1Cc1ccc(-c2cccc(S(=O)(=O)NC#N)c2)cc1. The van der Waals surface area contributed by atoms with Gasteiger partial charge in [-0.05, 0) is 48.4 Å². The quantitative estimate of drug-likeness (QED) is 0.160. The van der Waals surface area contributed by atoms with Gasteiger partial charge in [0.2, 0.25) is 5.88 Å². The molecule has 0 saturated heterocycles. The normalized spacial score (nSPS) is 11.1. The zero-order valence-corrected chi connectivity index (χ0v) is 22.0. The van der Waals surface area contributed by atoms with Crippen molar-refractivity contribution >= 4 is 27.9 Å². The smallest absolute Gasteiger partial charge is 0.434 e. The lowest BCUT2D eigenvalue weighted by atomic mass is 10.0. The van der Waals surface area contributed by atoms with E-state index in [1.54, 1.807) is 19.1 Å². The summed E-state index contributed by atoms with van der Waals surface area (Å²) in [6, 6.07) is 14.0. The molecule has 0 bridgehead atoms. The molecule has 1 heterocycles. The molecular formula is C25H28N4O5S2. The molecule has 3 rings (SSSR count). The van der Waals surface area contributed by atoms with Crippen LogP contribution in [0.4, 0.5) is 4.79 Å². The van der Waals surface area contributed by atoms with Gasteiger partial charge < -0.3 is 9.47 Å². The Morgan fingerprint density at radius 2 is 1.92 bits per heavy atom. The zero-order chi connectivity index (χ0) is 26.1. The maximum absolute atomic E-state index is 12.2. The number of benzene rings is 2. The minimum Gasteiger partial charge on any atom is -0.434 e. The lowest BCUT2D eigenvalue weighted by molar-refractivity contribution is 0.0998. The molecule has 0 fully saturated rings. The number of nitrogens with one attached hydrogen (secondary N) is 1. The molecule has 0 unspecified atom stereocenters. The second-order valence-corrected chi connectivity index (χ2v) is 10.2. The summed E-state index contributed by atoms with van der Waals surface area (Å²) in [5.74, 6) is 1.19. The molecule has 1 N–H and O–H groups in total. The van der Waals surface area contributed by atoms with E-state index >= 15 is 0 Å². The Kier molecular flexibility index (Phi) is 9.38. The summed E-state index contributed by atoms with van der Waals surface area (Å²) in [5.41, 5.74) is 2.47. The first-order valence-electron chi connectivity index (χ1n) is 11.4. The Bertz CT molecular complexity index is 1350. The molecule has 0 saturated carbocycles. The summed E-state index contributed by atoms with van der Waals surface area (Å²) in [6.45, 7) is 4.46. The summed E-state index contributed by atoms with van der Waals surface area (Å²) >= 11 is 1.40. The van der Waals surface area contributed by atoms with Crippen molar-refractivity contribution in [1.29, 1.82) is 5.26 Å². The predicted molar refractivity (Wildman–Crippen MR) is 137 cm³/mol. The summed E-state index contributed by atoms with van der Waals surface area (Å²) in [4.78, 5) is 16.8. The van der Waals surface area contributed by atoms with E-state index in [0.29, 0.717) is 23.0 Å². The van der Waals surface area contributed by atoms with Crippen molar-refractivity contribution in [3.05, 3.63) is 59.9 Å². The van der Waals surface area contributed by atoms with Gasteiger partial charge in [0.15, 0.2) is 11.2 Å². The minimum absolute atomic E-state index is 0.00922. The van der Waals surface area contributed by atoms with Crippen LogP contribution in [0, 0.1) is 11.5 Å². The largest absolute Gasteiger partial charge is 0.515 e. The Morgan fingerprint density at radius 1 is 1.17 bits per heavy atom. The van der Waals surface area contributed by atoms with Crippen LogP contribution in [-0.4, -0.2) is 37.0 Å². The van der Waals surface area contributed by atoms with Crippen molar-refractivity contribution in [3.63, 3.8) is 0 Å². The molecule has 0 radical (unpaired) electrons. The monoisotopic (exact) mass is 528 g/mol. The van der Waals surface area contributed by atoms with Crippen molar-refractivity contribution in [1.82, 2.24) is 14.3 Å². The number of aromatic nitrogens is 2. The van der Waals surface area contributed by atoms with Crippen LogP contribution in [0.3, 0.4) is 0 Å². The number of carbonyl (C=O) groups is 1. The van der Waals surface area contributed by atoms with E-state index in [9.17, 15) is 13.2 Å². The van der Waals surface area contributed by atoms with Gasteiger partial charge in [0, 0.05) is 6.42 Å². The molecule has 0 spiro atoms. The lowest BCUT2D eigenvalue weighted by Crippen LogP contribution is -2.17. The van der Waals surface area contributed by atoms with E-state index < -0.39 is 16.2 Å². The Morgan fingerprint density at radius 3 is 2.56 bits per heavy atom. The van der Waals surface area contributed by atoms with Crippen LogP contribution >= 0.6 is 11.8 Å². The van der Waals surface area contributed by atoms with Crippen LogP contribution in [0.25, 0.3) is 11.1 Å². The second-order valence-electron chi connectivity index (χ2n) is 7.76. The number of unbranched alkanes of at least 4 members (excludes halogenated alkanes) is 1. The van der Waals surface area contributed by atoms with Crippen molar-refractivity contribution in [2.24, 2.45) is 0 Å². The molecular weight excluding hydrogens is 500 g/mol. The number of hydrogen-bond donors (Lipinski definition) is 1. The predicted octanol–water partition coefficient (Wildman–Crippen LogP) is 4.96. The molecule has 3 aromatic rings. The first-order chi connectivity index (χ1) is 17.3. The lowest BCUT2D eigenvalue weighted by Gasteiger charge is -2.13. The van der Waals surface area contributed by atoms with Gasteiger partial charge >= 0.3 is 6.16 Å². The molecule has 190 valence electrons. The summed E-state index contributed by atoms with van der Waals surface area (Å²) in [5, 5.41) is 9.32. The van der Waals surface area contributed by atoms with E-state index in [1.807, 2.05) is 39.8 Å². The number of ether oxygens (including phenoxy) is 2. The highest BCUT2D eigenvalue weighted by Gasteiger charge is 2.22. The number of aryl methyl sites for hydroxylation is 1. The fourth-order valence-electron chi connectivity index (χ4n) is 3.55. The number of imidazole rings is 1. The van der Waals surface area contributed by atoms with Gasteiger partial charge in [-0.2, -0.15) is 5.26 Å². The average molecular weight is 529 g/mol. The van der Waals surface area contributed by atoms with E-state index in [0.717, 1.165) is 36.2 Å². The van der Waals surface area contributed by atoms with E-state index in [4.69, 9.17) is 19.7 Å². The molecule has 9 nitrogen and oxygen atoms in total. The average Bonchev–Trinajstić information content (AvgIpc) is 3.19. The van der Waals surface area contributed by atoms with Crippen molar-refractivity contribution in [3.8, 4) is 23.2 Å². The molecule has 0 aliphatic rings. The standard InChI is InChI=1S/C25H28N4O5S2/c1-4-6-10-22-28-23(35-3)24(34-25(30)33-5-2)29(22)16-18-11-13-19(14-12-18)20-8-7-9-21(15-20)36(31,32)27-17-26/h7-9,11-15,27H,4-6,10,16H2,1-3H3. The molecule has 36 heavy (non-hydrogen) atoms. The molecule has 1 aromatic heterocycles. The van der Waals surface area contributed by atoms with Crippen LogP contribution in [0.1, 0.15) is 38.1 Å². The third-order valence-electron chi connectivity index (χ3n) is 5.31. The maximum atomic E-state index is 12.2. The number of carbonyl (C=O) groups excluding carboxylic acids is 1. The van der Waals surface area contributed by atoms with Crippen LogP contribution < -0.4 is 9.46 Å². The van der Waals surface area contributed by atoms with Gasteiger partial charge in [0.25, 0.3) is 10.0 Å². The van der Waals surface area contributed by atoms with E-state index in [2.05, 4.69) is 6.92 Å². The number of rotatable bonds is 11. The first-order valence-corrected chi connectivity index (χ1v) is 14.1. The van der Waals surface area contributed by atoms with Gasteiger partial charge in [0.05, 0.1) is 18.0 Å². The fourth-order valence-corrected chi connectivity index (χ4v) is 4.85. The fraction of sp³-hybridized carbons (Fsp3) is 0.320. The Hall–Kier alpha value is -3.49. The third kappa shape index (κ3) is 6.59. The number of hydrogen-bond acceptors (Lipinski definition) is 8. The molecule has 0 aliphatic heterocycles. The number of sulfonamides is 1. The maximum Gasteiger partial charge on any atom is 0.515 e. The Balaban J connectivity index is 1.91. The summed E-state index contributed by atoms with van der Waals surface area (Å²) in [7, 11) is -3.90. The zero-order valence-electron chi connectivity index (χ0n) is 20.4. The van der Waals surface area contributed by atoms with E-state index in [-0.39, 0.29) is 11.5 Å². The number of thioether (sulfide) groups is 1. The van der Waals surface area contributed by atoms with Crippen molar-refractivity contribution in [2.45, 2.75) is 49.6 Å². The highest BCUT2D eigenvalue weighted by atomic mass is 32.2. The van der Waals surface area contributed by atoms with Gasteiger partial charge in [-0.15, -0.1) is 11.8 Å². The minimum atomic E-state index is -3.90. The van der Waals surface area contributed by atoms with Crippen molar-refractivity contribution in [2.75, 3.05) is 12.9 Å². The third-order valence-corrected chi connectivity index (χ3v) is 7.20. The highest BCUT2D eigenvalue weighted by Crippen LogP contribution is 2.31.